The van der Waals surface area contributed by atoms with Crippen LogP contribution in [0.5, 0.6) is 0 Å². The van der Waals surface area contributed by atoms with E-state index in [1.165, 1.54) is 173 Å². The molecule has 2 N–H and O–H groups in total. The van der Waals surface area contributed by atoms with Crippen LogP contribution in [0, 0.1) is 0 Å². The van der Waals surface area contributed by atoms with Gasteiger partial charge in [0.25, 0.3) is 7.82 Å². The predicted octanol–water partition coefficient (Wildman–Crippen LogP) is 14.8. The molecule has 0 aromatic carbocycles. The molecule has 0 aliphatic rings. The van der Waals surface area contributed by atoms with E-state index in [9.17, 15) is 19.4 Å². The minimum Gasteiger partial charge on any atom is -0.756 e. The highest BCUT2D eigenvalue weighted by Gasteiger charge is 2.23. The van der Waals surface area contributed by atoms with Crippen molar-refractivity contribution >= 4 is 13.7 Å². The van der Waals surface area contributed by atoms with Gasteiger partial charge in [0.2, 0.25) is 5.91 Å². The second-order valence-electron chi connectivity index (χ2n) is 19.2. The summed E-state index contributed by atoms with van der Waals surface area (Å²) >= 11 is 0. The average molecular weight is 895 g/mol. The van der Waals surface area contributed by atoms with Crippen LogP contribution in [0.15, 0.2) is 36.5 Å². The number of phosphoric acid groups is 1. The van der Waals surface area contributed by atoms with Gasteiger partial charge in [-0.3, -0.25) is 9.36 Å². The molecule has 8 nitrogen and oxygen atoms in total. The first-order valence-electron chi connectivity index (χ1n) is 26.4. The Kier molecular flexibility index (Phi) is 44.0. The number of hydrogen-bond donors (Lipinski definition) is 2. The van der Waals surface area contributed by atoms with Gasteiger partial charge in [0, 0.05) is 6.42 Å². The fourth-order valence-corrected chi connectivity index (χ4v) is 8.37. The molecule has 1 amide bonds. The second kappa shape index (κ2) is 44.9. The minimum absolute atomic E-state index is 0.00786. The fraction of sp³-hybridized carbons (Fsp3) is 0.868. The average Bonchev–Trinajstić information content (AvgIpc) is 3.23. The number of aliphatic hydroxyl groups is 1. The zero-order chi connectivity index (χ0) is 45.7. The summed E-state index contributed by atoms with van der Waals surface area (Å²) in [6, 6.07) is -0.906. The number of nitrogens with one attached hydrogen (secondary N) is 1. The van der Waals surface area contributed by atoms with Crippen molar-refractivity contribution in [1.82, 2.24) is 5.32 Å². The molecule has 0 heterocycles. The Labute approximate surface area is 385 Å². The Morgan fingerprint density at radius 3 is 1.29 bits per heavy atom. The smallest absolute Gasteiger partial charge is 0.268 e. The lowest BCUT2D eigenvalue weighted by atomic mass is 10.0. The number of likely N-dealkylation sites (N-methyl/N-ethyl adjacent to an activating group) is 1. The topological polar surface area (TPSA) is 108 Å². The molecule has 0 aliphatic carbocycles. The summed E-state index contributed by atoms with van der Waals surface area (Å²) in [6.07, 6.45) is 56.6. The summed E-state index contributed by atoms with van der Waals surface area (Å²) in [5.41, 5.74) is 0. The Morgan fingerprint density at radius 2 is 0.903 bits per heavy atom. The summed E-state index contributed by atoms with van der Waals surface area (Å²) in [7, 11) is 1.24. The van der Waals surface area contributed by atoms with E-state index >= 15 is 0 Å². The Bertz CT molecular complexity index is 1110. The third-order valence-electron chi connectivity index (χ3n) is 11.8. The number of amides is 1. The molecule has 3 unspecified atom stereocenters. The van der Waals surface area contributed by atoms with Gasteiger partial charge in [-0.05, 0) is 38.5 Å². The molecule has 0 spiro atoms. The highest BCUT2D eigenvalue weighted by atomic mass is 31.2. The Hall–Kier alpha value is -1.28. The summed E-state index contributed by atoms with van der Waals surface area (Å²) in [5.74, 6) is -0.209. The number of carbonyl (C=O) groups excluding carboxylic acids is 1. The van der Waals surface area contributed by atoms with Crippen LogP contribution in [-0.2, 0) is 18.4 Å². The van der Waals surface area contributed by atoms with Gasteiger partial charge in [-0.15, -0.1) is 0 Å². The van der Waals surface area contributed by atoms with Crippen LogP contribution in [0.25, 0.3) is 0 Å². The maximum atomic E-state index is 12.9. The van der Waals surface area contributed by atoms with Gasteiger partial charge >= 0.3 is 0 Å². The molecule has 9 heteroatoms. The number of rotatable bonds is 48. The van der Waals surface area contributed by atoms with Crippen molar-refractivity contribution in [2.45, 2.75) is 257 Å². The number of nitrogens with zero attached hydrogens (tertiary/aromatic N) is 1. The quantitative estimate of drug-likeness (QED) is 0.0273. The summed E-state index contributed by atoms with van der Waals surface area (Å²) in [4.78, 5) is 25.4. The molecule has 0 fully saturated rings. The lowest BCUT2D eigenvalue weighted by Gasteiger charge is -2.29. The van der Waals surface area contributed by atoms with Crippen LogP contribution in [-0.4, -0.2) is 68.5 Å². The van der Waals surface area contributed by atoms with E-state index in [4.69, 9.17) is 9.05 Å². The van der Waals surface area contributed by atoms with Gasteiger partial charge in [0.1, 0.15) is 13.2 Å². The van der Waals surface area contributed by atoms with Gasteiger partial charge in [-0.2, -0.15) is 0 Å². The molecule has 0 aromatic rings. The third kappa shape index (κ3) is 46.7. The molecule has 366 valence electrons. The number of carbonyl (C=O) groups is 1. The number of hydrogen-bond acceptors (Lipinski definition) is 6. The van der Waals surface area contributed by atoms with Crippen molar-refractivity contribution < 1.29 is 32.9 Å². The van der Waals surface area contributed by atoms with E-state index in [0.29, 0.717) is 17.4 Å². The molecular formula is C53H103N2O6P. The van der Waals surface area contributed by atoms with E-state index in [-0.39, 0.29) is 12.5 Å². The predicted molar refractivity (Wildman–Crippen MR) is 265 cm³/mol. The molecule has 62 heavy (non-hydrogen) atoms. The Morgan fingerprint density at radius 1 is 0.548 bits per heavy atom. The van der Waals surface area contributed by atoms with Crippen LogP contribution < -0.4 is 10.2 Å². The molecule has 0 aromatic heterocycles. The van der Waals surface area contributed by atoms with Crippen LogP contribution in [0.3, 0.4) is 0 Å². The number of unbranched alkanes of at least 4 members (excludes halogenated alkanes) is 31. The van der Waals surface area contributed by atoms with Crippen molar-refractivity contribution in [2.75, 3.05) is 40.9 Å². The van der Waals surface area contributed by atoms with Crippen LogP contribution >= 0.6 is 7.82 Å². The van der Waals surface area contributed by atoms with Crippen LogP contribution in [0.1, 0.15) is 245 Å². The fourth-order valence-electron chi connectivity index (χ4n) is 7.64. The zero-order valence-corrected chi connectivity index (χ0v) is 42.5. The molecule has 0 saturated heterocycles. The second-order valence-corrected chi connectivity index (χ2v) is 20.6. The maximum absolute atomic E-state index is 12.9. The van der Waals surface area contributed by atoms with Gasteiger partial charge in [0.15, 0.2) is 0 Å². The molecule has 0 saturated carbocycles. The van der Waals surface area contributed by atoms with Crippen molar-refractivity contribution in [1.29, 1.82) is 0 Å². The molecule has 0 radical (unpaired) electrons. The lowest BCUT2D eigenvalue weighted by Crippen LogP contribution is -2.45. The zero-order valence-electron chi connectivity index (χ0n) is 41.6. The van der Waals surface area contributed by atoms with Crippen molar-refractivity contribution in [3.05, 3.63) is 36.5 Å². The van der Waals surface area contributed by atoms with Crippen LogP contribution in [0.2, 0.25) is 0 Å². The maximum Gasteiger partial charge on any atom is 0.268 e. The molecule has 0 bridgehead atoms. The number of quaternary nitrogens is 1. The number of phosphoric ester groups is 1. The van der Waals surface area contributed by atoms with Gasteiger partial charge < -0.3 is 28.8 Å². The van der Waals surface area contributed by atoms with Crippen molar-refractivity contribution in [3.63, 3.8) is 0 Å². The Balaban J connectivity index is 4.09. The number of allylic oxidation sites excluding steroid dienone is 5. The van der Waals surface area contributed by atoms with E-state index < -0.39 is 26.6 Å². The van der Waals surface area contributed by atoms with Crippen molar-refractivity contribution in [2.24, 2.45) is 0 Å². The van der Waals surface area contributed by atoms with Crippen molar-refractivity contribution in [3.8, 4) is 0 Å². The third-order valence-corrected chi connectivity index (χ3v) is 12.8. The van der Waals surface area contributed by atoms with Crippen LogP contribution in [0.4, 0.5) is 0 Å². The molecule has 3 atom stereocenters. The molecular weight excluding hydrogens is 792 g/mol. The minimum atomic E-state index is -4.60. The highest BCUT2D eigenvalue weighted by Crippen LogP contribution is 2.38. The molecule has 0 rings (SSSR count). The SMILES string of the molecule is CCCC/C=C/CC/C=C/CC/C=C/C(O)C(COP(=O)([O-])OCC[N+](C)(C)C)NC(=O)CCCCCCCCCCCCCCCCCCCCCCCCCCCCCC. The monoisotopic (exact) mass is 895 g/mol. The first-order chi connectivity index (χ1) is 30.0. The summed E-state index contributed by atoms with van der Waals surface area (Å²) < 4.78 is 23.2. The first-order valence-corrected chi connectivity index (χ1v) is 27.8. The van der Waals surface area contributed by atoms with Gasteiger partial charge in [-0.25, -0.2) is 0 Å². The van der Waals surface area contributed by atoms with Gasteiger partial charge in [-0.1, -0.05) is 237 Å². The van der Waals surface area contributed by atoms with Gasteiger partial charge in [0.05, 0.1) is 39.9 Å². The van der Waals surface area contributed by atoms with E-state index in [1.807, 2.05) is 27.2 Å². The van der Waals surface area contributed by atoms with E-state index in [1.54, 1.807) is 6.08 Å². The largest absolute Gasteiger partial charge is 0.756 e. The first kappa shape index (κ1) is 60.7. The van der Waals surface area contributed by atoms with E-state index in [0.717, 1.165) is 51.4 Å². The standard InChI is InChI=1S/C53H103N2O6P/c1-6-8-10-12-14-16-18-20-21-22-23-24-25-26-27-28-29-30-31-32-33-34-35-37-39-41-43-45-47-53(57)54-51(50-61-62(58,59)60-49-48-55(3,4)5)52(56)46-44-42-40-38-36-19-17-15-13-11-9-7-2/h13,15,36,38,44,46,51-52,56H,6-12,14,16-35,37,39-43,45,47-50H2,1-5H3,(H-,54,57,58,59)/b15-13+,38-36+,46-44+. The normalized spacial score (nSPS) is 14.4. The number of aliphatic hydroxyl groups excluding tert-OH is 1. The summed E-state index contributed by atoms with van der Waals surface area (Å²) in [5, 5.41) is 13.8. The molecule has 0 aliphatic heterocycles. The van der Waals surface area contributed by atoms with E-state index in [2.05, 4.69) is 43.5 Å². The lowest BCUT2D eigenvalue weighted by molar-refractivity contribution is -0.870. The highest BCUT2D eigenvalue weighted by molar-refractivity contribution is 7.45. The summed E-state index contributed by atoms with van der Waals surface area (Å²) in [6.45, 7) is 4.59.